The Morgan fingerprint density at radius 3 is 2.87 bits per heavy atom. The van der Waals surface area contributed by atoms with E-state index >= 15 is 0 Å². The highest BCUT2D eigenvalue weighted by Gasteiger charge is 2.44. The van der Waals surface area contributed by atoms with Gasteiger partial charge in [0.25, 0.3) is 0 Å². The third kappa shape index (κ3) is 5.06. The van der Waals surface area contributed by atoms with Crippen LogP contribution in [-0.4, -0.2) is 24.7 Å². The quantitative estimate of drug-likeness (QED) is 0.522. The van der Waals surface area contributed by atoms with Crippen molar-refractivity contribution >= 4 is 11.7 Å². The summed E-state index contributed by atoms with van der Waals surface area (Å²) in [4.78, 5) is 12.0. The van der Waals surface area contributed by atoms with E-state index in [1.165, 1.54) is 16.8 Å². The Morgan fingerprint density at radius 1 is 1.26 bits per heavy atom. The molecule has 1 saturated heterocycles. The number of ether oxygens (including phenoxy) is 2. The number of esters is 1. The Bertz CT molecular complexity index is 828. The Balaban J connectivity index is 1.53. The number of allylic oxidation sites excluding steroid dienone is 3. The molecule has 0 amide bonds. The van der Waals surface area contributed by atoms with Gasteiger partial charge in [0.1, 0.15) is 6.61 Å². The molecule has 2 aliphatic heterocycles. The van der Waals surface area contributed by atoms with E-state index in [2.05, 4.69) is 68.6 Å². The topological polar surface area (TPSA) is 47.6 Å². The number of hydrogen-bond acceptors (Lipinski definition) is 4. The fourth-order valence-corrected chi connectivity index (χ4v) is 5.16. The number of unbranched alkanes of at least 4 members (excludes halogenated alkanes) is 1. The number of carbonyl (C=O) groups excluding carboxylic acids is 1. The Morgan fingerprint density at radius 2 is 2.13 bits per heavy atom. The van der Waals surface area contributed by atoms with Crippen LogP contribution in [0.25, 0.3) is 0 Å². The maximum absolute atomic E-state index is 12.0. The predicted octanol–water partition coefficient (Wildman–Crippen LogP) is 6.31. The first kappa shape index (κ1) is 22.1. The molecule has 168 valence electrons. The summed E-state index contributed by atoms with van der Waals surface area (Å²) in [5.41, 5.74) is 3.80. The number of benzene rings is 1. The molecule has 1 aromatic carbocycles. The van der Waals surface area contributed by atoms with Crippen LogP contribution < -0.4 is 5.32 Å². The Kier molecular flexibility index (Phi) is 7.16. The van der Waals surface area contributed by atoms with Gasteiger partial charge in [-0.05, 0) is 43.2 Å². The van der Waals surface area contributed by atoms with Gasteiger partial charge in [-0.25, -0.2) is 0 Å². The molecular weight excluding hydrogens is 386 g/mol. The van der Waals surface area contributed by atoms with Crippen molar-refractivity contribution in [2.24, 2.45) is 11.8 Å². The normalized spacial score (nSPS) is 29.2. The number of anilines is 1. The molecule has 3 aliphatic rings. The van der Waals surface area contributed by atoms with Gasteiger partial charge in [-0.1, -0.05) is 63.6 Å². The lowest BCUT2D eigenvalue weighted by Gasteiger charge is -2.47. The van der Waals surface area contributed by atoms with E-state index in [1.54, 1.807) is 0 Å². The van der Waals surface area contributed by atoms with Crippen molar-refractivity contribution in [3.63, 3.8) is 0 Å². The second kappa shape index (κ2) is 10.0. The van der Waals surface area contributed by atoms with Gasteiger partial charge in [-0.15, -0.1) is 0 Å². The molecule has 4 rings (SSSR count). The SMILES string of the molecule is CCCCC(=O)OC[C@H]1CC[C@@H]2[C@H](O1)c1cc(C(C)C)ccc1N[C@H]2C1C=CC=CC1. The molecule has 0 spiro atoms. The molecule has 1 fully saturated rings. The second-order valence-corrected chi connectivity index (χ2v) is 9.59. The summed E-state index contributed by atoms with van der Waals surface area (Å²) < 4.78 is 12.2. The number of fused-ring (bicyclic) bond motifs is 3. The predicted molar refractivity (Wildman–Crippen MR) is 125 cm³/mol. The molecule has 0 saturated carbocycles. The maximum atomic E-state index is 12.0. The smallest absolute Gasteiger partial charge is 0.305 e. The molecule has 0 bridgehead atoms. The molecule has 31 heavy (non-hydrogen) atoms. The zero-order valence-corrected chi connectivity index (χ0v) is 19.2. The van der Waals surface area contributed by atoms with Crippen LogP contribution in [0.1, 0.15) is 82.4 Å². The molecule has 0 aromatic heterocycles. The minimum atomic E-state index is -0.0996. The molecule has 1 N–H and O–H groups in total. The molecule has 1 unspecified atom stereocenters. The molecule has 0 radical (unpaired) electrons. The zero-order valence-electron chi connectivity index (χ0n) is 19.2. The summed E-state index contributed by atoms with van der Waals surface area (Å²) in [7, 11) is 0. The molecule has 2 heterocycles. The van der Waals surface area contributed by atoms with Crippen molar-refractivity contribution in [3.8, 4) is 0 Å². The van der Waals surface area contributed by atoms with E-state index in [9.17, 15) is 4.79 Å². The van der Waals surface area contributed by atoms with Crippen LogP contribution in [0.2, 0.25) is 0 Å². The average molecular weight is 424 g/mol. The van der Waals surface area contributed by atoms with Crippen LogP contribution in [0, 0.1) is 11.8 Å². The molecule has 1 aliphatic carbocycles. The first-order chi connectivity index (χ1) is 15.1. The monoisotopic (exact) mass is 423 g/mol. The van der Waals surface area contributed by atoms with Gasteiger partial charge in [-0.3, -0.25) is 4.79 Å². The summed E-state index contributed by atoms with van der Waals surface area (Å²) >= 11 is 0. The van der Waals surface area contributed by atoms with E-state index in [1.807, 2.05) is 0 Å². The van der Waals surface area contributed by atoms with Crippen molar-refractivity contribution in [2.45, 2.75) is 83.5 Å². The Hall–Kier alpha value is -2.07. The lowest BCUT2D eigenvalue weighted by molar-refractivity contribution is -0.157. The highest BCUT2D eigenvalue weighted by Crippen LogP contribution is 2.48. The van der Waals surface area contributed by atoms with Gasteiger partial charge in [0.2, 0.25) is 0 Å². The third-order valence-corrected chi connectivity index (χ3v) is 7.02. The van der Waals surface area contributed by atoms with Gasteiger partial charge < -0.3 is 14.8 Å². The summed E-state index contributed by atoms with van der Waals surface area (Å²) in [6, 6.07) is 7.15. The van der Waals surface area contributed by atoms with Crippen LogP contribution in [0.5, 0.6) is 0 Å². The number of nitrogens with one attached hydrogen (secondary N) is 1. The highest BCUT2D eigenvalue weighted by molar-refractivity contribution is 5.69. The summed E-state index contributed by atoms with van der Waals surface area (Å²) in [5, 5.41) is 3.87. The van der Waals surface area contributed by atoms with Gasteiger partial charge in [0, 0.05) is 35.5 Å². The molecule has 4 heteroatoms. The molecule has 1 aromatic rings. The zero-order chi connectivity index (χ0) is 21.8. The van der Waals surface area contributed by atoms with Crippen LogP contribution in [0.4, 0.5) is 5.69 Å². The number of hydrogen-bond donors (Lipinski definition) is 1. The van der Waals surface area contributed by atoms with Crippen LogP contribution in [0.15, 0.2) is 42.5 Å². The van der Waals surface area contributed by atoms with Crippen molar-refractivity contribution in [1.29, 1.82) is 0 Å². The standard InChI is InChI=1S/C27H37NO3/c1-4-5-11-25(29)30-17-21-13-14-22-26(19-9-7-6-8-10-19)28-24-15-12-20(18(2)3)16-23(24)27(22)31-21/h6-9,12,15-16,18-19,21-22,26-28H,4-5,10-11,13-14,17H2,1-3H3/t19?,21-,22+,26+,27+/m1/s1. The second-order valence-electron chi connectivity index (χ2n) is 9.59. The number of carbonyl (C=O) groups is 1. The molecule has 4 nitrogen and oxygen atoms in total. The summed E-state index contributed by atoms with van der Waals surface area (Å²) in [6.07, 6.45) is 14.4. The van der Waals surface area contributed by atoms with Gasteiger partial charge in [0.15, 0.2) is 0 Å². The lowest BCUT2D eigenvalue weighted by Crippen LogP contribution is -2.47. The first-order valence-corrected chi connectivity index (χ1v) is 12.1. The van der Waals surface area contributed by atoms with Crippen molar-refractivity contribution in [3.05, 3.63) is 53.6 Å². The molecular formula is C27H37NO3. The largest absolute Gasteiger partial charge is 0.463 e. The summed E-state index contributed by atoms with van der Waals surface area (Å²) in [6.45, 7) is 6.93. The average Bonchev–Trinajstić information content (AvgIpc) is 2.80. The summed E-state index contributed by atoms with van der Waals surface area (Å²) in [5.74, 6) is 1.27. The van der Waals surface area contributed by atoms with Crippen molar-refractivity contribution in [2.75, 3.05) is 11.9 Å². The van der Waals surface area contributed by atoms with E-state index in [0.29, 0.717) is 36.8 Å². The van der Waals surface area contributed by atoms with Crippen molar-refractivity contribution < 1.29 is 14.3 Å². The van der Waals surface area contributed by atoms with E-state index < -0.39 is 0 Å². The minimum Gasteiger partial charge on any atom is -0.463 e. The van der Waals surface area contributed by atoms with Crippen LogP contribution in [0.3, 0.4) is 0 Å². The van der Waals surface area contributed by atoms with Crippen LogP contribution in [-0.2, 0) is 14.3 Å². The fraction of sp³-hybridized carbons (Fsp3) is 0.593. The first-order valence-electron chi connectivity index (χ1n) is 12.1. The highest BCUT2D eigenvalue weighted by atomic mass is 16.6. The minimum absolute atomic E-state index is 0.0251. The fourth-order valence-electron chi connectivity index (χ4n) is 5.16. The third-order valence-electron chi connectivity index (χ3n) is 7.02. The van der Waals surface area contributed by atoms with E-state index in [4.69, 9.17) is 9.47 Å². The van der Waals surface area contributed by atoms with Crippen LogP contribution >= 0.6 is 0 Å². The van der Waals surface area contributed by atoms with Gasteiger partial charge in [0.05, 0.1) is 12.2 Å². The lowest BCUT2D eigenvalue weighted by atomic mass is 9.72. The maximum Gasteiger partial charge on any atom is 0.305 e. The van der Waals surface area contributed by atoms with Crippen molar-refractivity contribution in [1.82, 2.24) is 0 Å². The molecule has 5 atom stereocenters. The Labute approximate surface area is 187 Å². The van der Waals surface area contributed by atoms with E-state index in [0.717, 1.165) is 32.1 Å². The van der Waals surface area contributed by atoms with E-state index in [-0.39, 0.29) is 18.2 Å². The van der Waals surface area contributed by atoms with Gasteiger partial charge >= 0.3 is 5.97 Å². The van der Waals surface area contributed by atoms with Gasteiger partial charge in [-0.2, -0.15) is 0 Å². The number of rotatable bonds is 7.